The van der Waals surface area contributed by atoms with Gasteiger partial charge in [0, 0.05) is 62.1 Å². The first-order valence-corrected chi connectivity index (χ1v) is 9.01. The standard InChI is InChI=1S/C19H23N7O/c1-13-11-24(2)6-7-26(13)19(27)23-18-8-17-14(9-20-18)4-5-16(22-17)15-10-21-25(3)12-15/h4-5,8-10,12-13H,6-7,11H2,1-3H3,(H,20,23,27)/t13-/m0/s1. The molecule has 1 aliphatic rings. The van der Waals surface area contributed by atoms with Gasteiger partial charge in [0.1, 0.15) is 5.82 Å². The molecule has 8 heteroatoms. The van der Waals surface area contributed by atoms with E-state index in [4.69, 9.17) is 4.98 Å². The third kappa shape index (κ3) is 3.61. The summed E-state index contributed by atoms with van der Waals surface area (Å²) in [6.45, 7) is 4.51. The first kappa shape index (κ1) is 17.4. The van der Waals surface area contributed by atoms with Crippen LogP contribution in [-0.4, -0.2) is 68.3 Å². The Kier molecular flexibility index (Phi) is 4.49. The monoisotopic (exact) mass is 365 g/mol. The van der Waals surface area contributed by atoms with Crippen molar-refractivity contribution in [1.82, 2.24) is 29.5 Å². The minimum Gasteiger partial charge on any atom is -0.319 e. The molecule has 0 radical (unpaired) electrons. The molecule has 27 heavy (non-hydrogen) atoms. The van der Waals surface area contributed by atoms with Crippen molar-refractivity contribution < 1.29 is 4.79 Å². The summed E-state index contributed by atoms with van der Waals surface area (Å²) in [5.74, 6) is 0.509. The minimum absolute atomic E-state index is 0.120. The van der Waals surface area contributed by atoms with Gasteiger partial charge in [-0.1, -0.05) is 0 Å². The molecule has 4 heterocycles. The zero-order valence-corrected chi connectivity index (χ0v) is 15.8. The fourth-order valence-corrected chi connectivity index (χ4v) is 3.42. The number of anilines is 1. The number of likely N-dealkylation sites (N-methyl/N-ethyl adjacent to an activating group) is 1. The predicted octanol–water partition coefficient (Wildman–Crippen LogP) is 2.20. The van der Waals surface area contributed by atoms with Crippen LogP contribution < -0.4 is 5.32 Å². The summed E-state index contributed by atoms with van der Waals surface area (Å²) in [6.07, 6.45) is 5.44. The third-order valence-electron chi connectivity index (χ3n) is 4.90. The van der Waals surface area contributed by atoms with Gasteiger partial charge in [0.05, 0.1) is 17.4 Å². The summed E-state index contributed by atoms with van der Waals surface area (Å²) in [7, 11) is 3.95. The number of hydrogen-bond acceptors (Lipinski definition) is 5. The number of aromatic nitrogens is 4. The smallest absolute Gasteiger partial charge is 0.319 e. The van der Waals surface area contributed by atoms with E-state index in [1.807, 2.05) is 36.3 Å². The fraction of sp³-hybridized carbons (Fsp3) is 0.368. The summed E-state index contributed by atoms with van der Waals surface area (Å²) in [5.41, 5.74) is 2.58. The van der Waals surface area contributed by atoms with E-state index in [2.05, 4.69) is 34.3 Å². The van der Waals surface area contributed by atoms with E-state index >= 15 is 0 Å². The number of carbonyl (C=O) groups is 1. The van der Waals surface area contributed by atoms with Crippen LogP contribution in [0.2, 0.25) is 0 Å². The molecule has 3 aromatic heterocycles. The maximum absolute atomic E-state index is 12.6. The van der Waals surface area contributed by atoms with Crippen LogP contribution in [-0.2, 0) is 7.05 Å². The van der Waals surface area contributed by atoms with Gasteiger partial charge in [-0.25, -0.2) is 14.8 Å². The molecule has 140 valence electrons. The van der Waals surface area contributed by atoms with Crippen molar-refractivity contribution in [2.24, 2.45) is 7.05 Å². The van der Waals surface area contributed by atoms with Gasteiger partial charge in [0.15, 0.2) is 0 Å². The Hall–Kier alpha value is -3.00. The number of piperazine rings is 1. The van der Waals surface area contributed by atoms with E-state index in [1.54, 1.807) is 17.1 Å². The van der Waals surface area contributed by atoms with E-state index in [0.717, 1.165) is 35.2 Å². The molecular formula is C19H23N7O. The number of nitrogens with one attached hydrogen (secondary N) is 1. The number of aryl methyl sites for hydroxylation is 1. The van der Waals surface area contributed by atoms with Crippen LogP contribution >= 0.6 is 0 Å². The quantitative estimate of drug-likeness (QED) is 0.753. The number of pyridine rings is 2. The zero-order valence-electron chi connectivity index (χ0n) is 15.8. The van der Waals surface area contributed by atoms with E-state index in [1.165, 1.54) is 0 Å². The van der Waals surface area contributed by atoms with Crippen LogP contribution in [0.25, 0.3) is 22.2 Å². The lowest BCUT2D eigenvalue weighted by molar-refractivity contribution is 0.125. The van der Waals surface area contributed by atoms with Gasteiger partial charge in [-0.3, -0.25) is 10.00 Å². The van der Waals surface area contributed by atoms with Crippen molar-refractivity contribution >= 4 is 22.8 Å². The molecule has 1 N–H and O–H groups in total. The Labute approximate surface area is 157 Å². The molecule has 1 atom stereocenters. The molecule has 1 saturated heterocycles. The summed E-state index contributed by atoms with van der Waals surface area (Å²) >= 11 is 0. The van der Waals surface area contributed by atoms with Crippen molar-refractivity contribution in [2.75, 3.05) is 32.0 Å². The highest BCUT2D eigenvalue weighted by molar-refractivity contribution is 5.91. The molecule has 0 aromatic carbocycles. The SMILES string of the molecule is C[C@H]1CN(C)CCN1C(=O)Nc1cc2nc(-c3cnn(C)c3)ccc2cn1. The summed E-state index contributed by atoms with van der Waals surface area (Å²) in [5, 5.41) is 8.03. The molecule has 0 unspecified atom stereocenters. The molecule has 3 aromatic rings. The second-order valence-corrected chi connectivity index (χ2v) is 7.10. The number of nitrogens with zero attached hydrogens (tertiary/aromatic N) is 6. The summed E-state index contributed by atoms with van der Waals surface area (Å²) in [4.78, 5) is 25.8. The van der Waals surface area contributed by atoms with E-state index in [-0.39, 0.29) is 12.1 Å². The molecule has 4 rings (SSSR count). The lowest BCUT2D eigenvalue weighted by Crippen LogP contribution is -2.54. The van der Waals surface area contributed by atoms with Gasteiger partial charge in [-0.05, 0) is 26.1 Å². The van der Waals surface area contributed by atoms with Gasteiger partial charge < -0.3 is 9.80 Å². The molecule has 2 amide bonds. The topological polar surface area (TPSA) is 79.2 Å². The molecule has 0 spiro atoms. The highest BCUT2D eigenvalue weighted by atomic mass is 16.2. The maximum Gasteiger partial charge on any atom is 0.323 e. The largest absolute Gasteiger partial charge is 0.323 e. The Balaban J connectivity index is 1.56. The van der Waals surface area contributed by atoms with Crippen LogP contribution in [0.5, 0.6) is 0 Å². The van der Waals surface area contributed by atoms with E-state index < -0.39 is 0 Å². The van der Waals surface area contributed by atoms with Crippen LogP contribution in [0.15, 0.2) is 36.8 Å². The van der Waals surface area contributed by atoms with Crippen molar-refractivity contribution in [3.05, 3.63) is 36.8 Å². The first-order valence-electron chi connectivity index (χ1n) is 9.01. The number of rotatable bonds is 2. The van der Waals surface area contributed by atoms with Crippen molar-refractivity contribution in [3.8, 4) is 11.3 Å². The molecule has 0 aliphatic carbocycles. The first-order chi connectivity index (χ1) is 13.0. The summed E-state index contributed by atoms with van der Waals surface area (Å²) < 4.78 is 1.75. The van der Waals surface area contributed by atoms with Gasteiger partial charge in [-0.15, -0.1) is 0 Å². The Morgan fingerprint density at radius 3 is 2.81 bits per heavy atom. The zero-order chi connectivity index (χ0) is 19.0. The second-order valence-electron chi connectivity index (χ2n) is 7.10. The molecule has 8 nitrogen and oxygen atoms in total. The lowest BCUT2D eigenvalue weighted by atomic mass is 10.2. The number of amides is 2. The number of carbonyl (C=O) groups excluding carboxylic acids is 1. The van der Waals surface area contributed by atoms with Crippen LogP contribution in [0.1, 0.15) is 6.92 Å². The highest BCUT2D eigenvalue weighted by Crippen LogP contribution is 2.22. The van der Waals surface area contributed by atoms with Crippen molar-refractivity contribution in [1.29, 1.82) is 0 Å². The van der Waals surface area contributed by atoms with Gasteiger partial charge >= 0.3 is 6.03 Å². The number of urea groups is 1. The van der Waals surface area contributed by atoms with E-state index in [0.29, 0.717) is 12.4 Å². The molecule has 0 bridgehead atoms. The molecular weight excluding hydrogens is 342 g/mol. The van der Waals surface area contributed by atoms with Crippen LogP contribution in [0.4, 0.5) is 10.6 Å². The van der Waals surface area contributed by atoms with Crippen LogP contribution in [0.3, 0.4) is 0 Å². The fourth-order valence-electron chi connectivity index (χ4n) is 3.42. The normalized spacial score (nSPS) is 18.0. The molecule has 0 saturated carbocycles. The van der Waals surface area contributed by atoms with Crippen LogP contribution in [0, 0.1) is 0 Å². The Morgan fingerprint density at radius 1 is 1.22 bits per heavy atom. The Morgan fingerprint density at radius 2 is 2.07 bits per heavy atom. The third-order valence-corrected chi connectivity index (χ3v) is 4.90. The Bertz CT molecular complexity index is 983. The van der Waals surface area contributed by atoms with Crippen molar-refractivity contribution in [2.45, 2.75) is 13.0 Å². The number of fused-ring (bicyclic) bond motifs is 1. The average molecular weight is 365 g/mol. The summed E-state index contributed by atoms with van der Waals surface area (Å²) in [6, 6.07) is 5.79. The van der Waals surface area contributed by atoms with Gasteiger partial charge in [-0.2, -0.15) is 5.10 Å². The second kappa shape index (κ2) is 6.96. The maximum atomic E-state index is 12.6. The predicted molar refractivity (Wildman–Crippen MR) is 104 cm³/mol. The molecule has 1 aliphatic heterocycles. The van der Waals surface area contributed by atoms with Crippen molar-refractivity contribution in [3.63, 3.8) is 0 Å². The highest BCUT2D eigenvalue weighted by Gasteiger charge is 2.25. The minimum atomic E-state index is -0.120. The van der Waals surface area contributed by atoms with Gasteiger partial charge in [0.2, 0.25) is 0 Å². The number of hydrogen-bond donors (Lipinski definition) is 1. The average Bonchev–Trinajstić information content (AvgIpc) is 3.07. The van der Waals surface area contributed by atoms with Gasteiger partial charge in [0.25, 0.3) is 0 Å². The lowest BCUT2D eigenvalue weighted by Gasteiger charge is -2.37. The van der Waals surface area contributed by atoms with E-state index in [9.17, 15) is 4.79 Å². The molecule has 1 fully saturated rings.